The van der Waals surface area contributed by atoms with Crippen molar-refractivity contribution in [1.82, 2.24) is 5.23 Å². The van der Waals surface area contributed by atoms with Gasteiger partial charge < -0.3 is 19.3 Å². The van der Waals surface area contributed by atoms with Gasteiger partial charge in [0.1, 0.15) is 5.60 Å². The highest BCUT2D eigenvalue weighted by Crippen LogP contribution is 2.42. The normalized spacial score (nSPS) is 24.7. The lowest BCUT2D eigenvalue weighted by molar-refractivity contribution is -0.129. The van der Waals surface area contributed by atoms with Crippen LogP contribution in [-0.2, 0) is 14.0 Å². The zero-order valence-corrected chi connectivity index (χ0v) is 14.8. The van der Waals surface area contributed by atoms with Crippen molar-refractivity contribution < 1.29 is 18.8 Å². The van der Waals surface area contributed by atoms with E-state index in [1.165, 1.54) is 0 Å². The average molecular weight is 319 g/mol. The summed E-state index contributed by atoms with van der Waals surface area (Å²) in [5, 5.41) is 2.78. The maximum Gasteiger partial charge on any atom is 0.594 e. The van der Waals surface area contributed by atoms with Gasteiger partial charge in [-0.1, -0.05) is 32.0 Å². The molecule has 1 heterocycles. The zero-order valence-electron chi connectivity index (χ0n) is 14.8. The number of rotatable bonds is 5. The number of ether oxygens (including phenoxy) is 1. The maximum absolute atomic E-state index is 12.3. The van der Waals surface area contributed by atoms with Crippen molar-refractivity contribution in [2.45, 2.75) is 51.9 Å². The fraction of sp³-hybridized carbons (Fsp3) is 0.588. The van der Waals surface area contributed by atoms with Crippen LogP contribution in [-0.4, -0.2) is 37.6 Å². The highest BCUT2D eigenvalue weighted by molar-refractivity contribution is 6.47. The highest BCUT2D eigenvalue weighted by Gasteiger charge is 2.59. The Balaban J connectivity index is 2.14. The number of nitrogens with one attached hydrogen (secondary N) is 1. The third-order valence-corrected chi connectivity index (χ3v) is 4.64. The standard InChI is InChI=1S/C17H26BNO4/c1-12(2)14(21-6)17(5)16(3,4)22-18(23-17)19-15(20)13-10-8-7-9-11-13/h7-12,14H,1-6H3,(H,19,20). The Labute approximate surface area is 138 Å². The first-order valence-electron chi connectivity index (χ1n) is 7.95. The van der Waals surface area contributed by atoms with E-state index in [0.717, 1.165) is 0 Å². The van der Waals surface area contributed by atoms with Crippen LogP contribution in [0.1, 0.15) is 45.0 Å². The second-order valence-electron chi connectivity index (χ2n) is 6.92. The van der Waals surface area contributed by atoms with E-state index >= 15 is 0 Å². The van der Waals surface area contributed by atoms with E-state index in [4.69, 9.17) is 14.0 Å². The molecule has 2 atom stereocenters. The van der Waals surface area contributed by atoms with Crippen LogP contribution >= 0.6 is 0 Å². The Bertz CT molecular complexity index is 549. The molecule has 0 aliphatic carbocycles. The molecule has 2 rings (SSSR count). The molecule has 5 nitrogen and oxygen atoms in total. The highest BCUT2D eigenvalue weighted by atomic mass is 16.7. The van der Waals surface area contributed by atoms with Gasteiger partial charge in [-0.25, -0.2) is 0 Å². The van der Waals surface area contributed by atoms with E-state index in [1.807, 2.05) is 39.0 Å². The molecule has 0 aromatic heterocycles. The summed E-state index contributed by atoms with van der Waals surface area (Å²) < 4.78 is 17.7. The Morgan fingerprint density at radius 3 is 2.30 bits per heavy atom. The van der Waals surface area contributed by atoms with Crippen molar-refractivity contribution in [3.05, 3.63) is 35.9 Å². The van der Waals surface area contributed by atoms with Gasteiger partial charge in [0.25, 0.3) is 0 Å². The third kappa shape index (κ3) is 3.44. The molecule has 1 saturated heterocycles. The Kier molecular flexibility index (Phi) is 5.18. The van der Waals surface area contributed by atoms with Gasteiger partial charge >= 0.3 is 7.25 Å². The lowest BCUT2D eigenvalue weighted by Gasteiger charge is -2.43. The minimum atomic E-state index is -0.806. The van der Waals surface area contributed by atoms with Crippen LogP contribution < -0.4 is 5.23 Å². The summed E-state index contributed by atoms with van der Waals surface area (Å²) in [7, 11) is 0.865. The number of methoxy groups -OCH3 is 1. The second-order valence-corrected chi connectivity index (χ2v) is 6.92. The predicted octanol–water partition coefficient (Wildman–Crippen LogP) is 2.66. The number of carbonyl (C=O) groups is 1. The first kappa shape index (κ1) is 18.0. The van der Waals surface area contributed by atoms with Crippen molar-refractivity contribution in [2.75, 3.05) is 7.11 Å². The van der Waals surface area contributed by atoms with Crippen molar-refractivity contribution in [1.29, 1.82) is 0 Å². The number of amides is 1. The van der Waals surface area contributed by atoms with Crippen LogP contribution in [0.4, 0.5) is 0 Å². The van der Waals surface area contributed by atoms with E-state index in [-0.39, 0.29) is 17.9 Å². The lowest BCUT2D eigenvalue weighted by Crippen LogP contribution is -2.56. The van der Waals surface area contributed by atoms with Gasteiger partial charge in [-0.05, 0) is 38.8 Å². The van der Waals surface area contributed by atoms with E-state index in [1.54, 1.807) is 19.2 Å². The number of hydrogen-bond acceptors (Lipinski definition) is 4. The summed E-state index contributed by atoms with van der Waals surface area (Å²) in [4.78, 5) is 12.3. The minimum Gasteiger partial charge on any atom is -0.384 e. The first-order valence-corrected chi connectivity index (χ1v) is 7.95. The van der Waals surface area contributed by atoms with Crippen LogP contribution in [0.5, 0.6) is 0 Å². The molecule has 6 heteroatoms. The van der Waals surface area contributed by atoms with E-state index < -0.39 is 18.5 Å². The molecule has 23 heavy (non-hydrogen) atoms. The Morgan fingerprint density at radius 2 is 1.78 bits per heavy atom. The first-order chi connectivity index (χ1) is 10.7. The predicted molar refractivity (Wildman–Crippen MR) is 90.0 cm³/mol. The van der Waals surface area contributed by atoms with Gasteiger partial charge in [0.15, 0.2) is 0 Å². The molecule has 0 radical (unpaired) electrons. The summed E-state index contributed by atoms with van der Waals surface area (Å²) in [6.07, 6.45) is -0.156. The molecule has 0 bridgehead atoms. The van der Waals surface area contributed by atoms with Crippen molar-refractivity contribution >= 4 is 13.2 Å². The molecular weight excluding hydrogens is 293 g/mol. The second kappa shape index (κ2) is 6.63. The van der Waals surface area contributed by atoms with Gasteiger partial charge in [-0.15, -0.1) is 0 Å². The molecule has 1 aromatic carbocycles. The van der Waals surface area contributed by atoms with Crippen LogP contribution in [0.3, 0.4) is 0 Å². The van der Waals surface area contributed by atoms with Crippen molar-refractivity contribution in [3.63, 3.8) is 0 Å². The summed E-state index contributed by atoms with van der Waals surface area (Å²) in [6.45, 7) is 10.0. The number of benzene rings is 1. The molecule has 1 amide bonds. The number of carbonyl (C=O) groups excluding carboxylic acids is 1. The summed E-state index contributed by atoms with van der Waals surface area (Å²) in [6, 6.07) is 9.00. The lowest BCUT2D eigenvalue weighted by atomic mass is 9.78. The number of hydrogen-bond donors (Lipinski definition) is 1. The largest absolute Gasteiger partial charge is 0.594 e. The van der Waals surface area contributed by atoms with E-state index in [2.05, 4.69) is 19.1 Å². The zero-order chi connectivity index (χ0) is 17.3. The fourth-order valence-corrected chi connectivity index (χ4v) is 3.15. The summed E-state index contributed by atoms with van der Waals surface area (Å²) in [5.74, 6) is 0.0191. The molecule has 1 fully saturated rings. The van der Waals surface area contributed by atoms with Crippen molar-refractivity contribution in [3.8, 4) is 0 Å². The SMILES string of the molecule is COC(C(C)C)C1(C)OB(NC(=O)c2ccccc2)OC1(C)C. The Morgan fingerprint density at radius 1 is 1.17 bits per heavy atom. The third-order valence-electron chi connectivity index (χ3n) is 4.64. The molecule has 1 aliphatic rings. The molecule has 126 valence electrons. The van der Waals surface area contributed by atoms with E-state index in [0.29, 0.717) is 5.56 Å². The fourth-order valence-electron chi connectivity index (χ4n) is 3.15. The van der Waals surface area contributed by atoms with Gasteiger partial charge in [0, 0.05) is 12.7 Å². The summed E-state index contributed by atoms with van der Waals surface area (Å²) >= 11 is 0. The molecule has 0 saturated carbocycles. The molecular formula is C17H26BNO4. The van der Waals surface area contributed by atoms with Gasteiger partial charge in [0.2, 0.25) is 5.91 Å². The van der Waals surface area contributed by atoms with E-state index in [9.17, 15) is 4.79 Å². The molecule has 2 unspecified atom stereocenters. The quantitative estimate of drug-likeness (QED) is 0.848. The molecule has 1 aromatic rings. The average Bonchev–Trinajstić information content (AvgIpc) is 2.69. The van der Waals surface area contributed by atoms with Gasteiger partial charge in [-0.3, -0.25) is 4.79 Å². The van der Waals surface area contributed by atoms with Crippen LogP contribution in [0.2, 0.25) is 0 Å². The van der Waals surface area contributed by atoms with Gasteiger partial charge in [0.05, 0.1) is 11.7 Å². The molecule has 1 aliphatic heterocycles. The molecule has 0 spiro atoms. The van der Waals surface area contributed by atoms with Gasteiger partial charge in [-0.2, -0.15) is 0 Å². The van der Waals surface area contributed by atoms with Crippen LogP contribution in [0.25, 0.3) is 0 Å². The topological polar surface area (TPSA) is 56.8 Å². The van der Waals surface area contributed by atoms with Crippen LogP contribution in [0.15, 0.2) is 30.3 Å². The monoisotopic (exact) mass is 319 g/mol. The van der Waals surface area contributed by atoms with Crippen LogP contribution in [0, 0.1) is 5.92 Å². The summed E-state index contributed by atoms with van der Waals surface area (Å²) in [5.41, 5.74) is -0.713. The van der Waals surface area contributed by atoms with Crippen molar-refractivity contribution in [2.24, 2.45) is 5.92 Å². The molecule has 1 N–H and O–H groups in total. The maximum atomic E-state index is 12.3. The minimum absolute atomic E-state index is 0.156. The smallest absolute Gasteiger partial charge is 0.384 e. The Hall–Kier alpha value is -1.37.